The Hall–Kier alpha value is -1.11. The molecule has 5 nitrogen and oxygen atoms in total. The summed E-state index contributed by atoms with van der Waals surface area (Å²) in [6.07, 6.45) is 3.14. The molecule has 2 fully saturated rings. The third-order valence-corrected chi connectivity index (χ3v) is 6.36. The second kappa shape index (κ2) is 5.26. The van der Waals surface area contributed by atoms with E-state index in [1.807, 2.05) is 13.0 Å². The van der Waals surface area contributed by atoms with Gasteiger partial charge >= 0.3 is 0 Å². The Bertz CT molecular complexity index is 657. The SMILES string of the molecule is Cc1cc(N)c(C)c(S(=O)(=O)NC2CCN3CCCC23)c1. The number of fused-ring (bicyclic) bond motifs is 1. The number of hydrogen-bond acceptors (Lipinski definition) is 4. The number of benzene rings is 1. The fraction of sp³-hybridized carbons (Fsp3) is 0.600. The molecule has 6 heteroatoms. The zero-order chi connectivity index (χ0) is 15.2. The maximum absolute atomic E-state index is 12.7. The first-order chi connectivity index (χ1) is 9.88. The first kappa shape index (κ1) is 14.8. The molecule has 21 heavy (non-hydrogen) atoms. The maximum Gasteiger partial charge on any atom is 0.241 e. The lowest BCUT2D eigenvalue weighted by atomic mass is 10.1. The number of nitrogen functional groups attached to an aromatic ring is 1. The van der Waals surface area contributed by atoms with E-state index in [0.29, 0.717) is 22.2 Å². The van der Waals surface area contributed by atoms with Crippen molar-refractivity contribution in [1.29, 1.82) is 0 Å². The minimum Gasteiger partial charge on any atom is -0.398 e. The number of hydrogen-bond donors (Lipinski definition) is 2. The Balaban J connectivity index is 1.88. The fourth-order valence-electron chi connectivity index (χ4n) is 3.61. The van der Waals surface area contributed by atoms with Gasteiger partial charge in [-0.1, -0.05) is 0 Å². The summed E-state index contributed by atoms with van der Waals surface area (Å²) in [5.41, 5.74) is 7.94. The predicted octanol–water partition coefficient (Wildman–Crippen LogP) is 1.40. The number of nitrogens with zero attached hydrogens (tertiary/aromatic N) is 1. The van der Waals surface area contributed by atoms with Crippen molar-refractivity contribution in [3.05, 3.63) is 23.3 Å². The first-order valence-electron chi connectivity index (χ1n) is 7.51. The average Bonchev–Trinajstić information content (AvgIpc) is 2.98. The minimum atomic E-state index is -3.51. The molecule has 2 saturated heterocycles. The molecule has 2 atom stereocenters. The molecule has 0 bridgehead atoms. The Labute approximate surface area is 126 Å². The number of sulfonamides is 1. The van der Waals surface area contributed by atoms with Crippen LogP contribution in [0.25, 0.3) is 0 Å². The topological polar surface area (TPSA) is 75.4 Å². The molecule has 3 N–H and O–H groups in total. The lowest BCUT2D eigenvalue weighted by molar-refractivity contribution is 0.309. The van der Waals surface area contributed by atoms with E-state index in [1.165, 1.54) is 6.42 Å². The normalized spacial score (nSPS) is 26.2. The summed E-state index contributed by atoms with van der Waals surface area (Å²) >= 11 is 0. The second-order valence-corrected chi connectivity index (χ2v) is 7.92. The zero-order valence-electron chi connectivity index (χ0n) is 12.6. The van der Waals surface area contributed by atoms with Crippen LogP contribution in [-0.4, -0.2) is 38.5 Å². The summed E-state index contributed by atoms with van der Waals surface area (Å²) in [6, 6.07) is 3.90. The highest BCUT2D eigenvalue weighted by Crippen LogP contribution is 2.30. The molecule has 0 radical (unpaired) electrons. The molecule has 1 aromatic carbocycles. The maximum atomic E-state index is 12.7. The van der Waals surface area contributed by atoms with Crippen molar-refractivity contribution in [2.75, 3.05) is 18.8 Å². The van der Waals surface area contributed by atoms with Gasteiger partial charge in [-0.3, -0.25) is 4.90 Å². The third-order valence-electron chi connectivity index (χ3n) is 4.75. The summed E-state index contributed by atoms with van der Waals surface area (Å²) in [5, 5.41) is 0. The van der Waals surface area contributed by atoms with Gasteiger partial charge in [0.05, 0.1) is 4.90 Å². The van der Waals surface area contributed by atoms with Gasteiger partial charge in [0.25, 0.3) is 0 Å². The van der Waals surface area contributed by atoms with Crippen LogP contribution < -0.4 is 10.5 Å². The number of nitrogens with two attached hydrogens (primary N) is 1. The average molecular weight is 309 g/mol. The van der Waals surface area contributed by atoms with Crippen LogP contribution in [0.5, 0.6) is 0 Å². The molecule has 3 rings (SSSR count). The summed E-state index contributed by atoms with van der Waals surface area (Å²) in [5.74, 6) is 0. The van der Waals surface area contributed by atoms with Crippen LogP contribution in [-0.2, 0) is 10.0 Å². The molecular weight excluding hydrogens is 286 g/mol. The minimum absolute atomic E-state index is 0.0265. The summed E-state index contributed by atoms with van der Waals surface area (Å²) < 4.78 is 28.3. The summed E-state index contributed by atoms with van der Waals surface area (Å²) in [6.45, 7) is 5.72. The Morgan fingerprint density at radius 2 is 2.00 bits per heavy atom. The number of anilines is 1. The number of nitrogens with one attached hydrogen (secondary N) is 1. The summed E-state index contributed by atoms with van der Waals surface area (Å²) in [7, 11) is -3.51. The van der Waals surface area contributed by atoms with Gasteiger partial charge in [-0.25, -0.2) is 13.1 Å². The Morgan fingerprint density at radius 3 is 2.76 bits per heavy atom. The van der Waals surface area contributed by atoms with Crippen molar-refractivity contribution < 1.29 is 8.42 Å². The van der Waals surface area contributed by atoms with Crippen molar-refractivity contribution in [2.24, 2.45) is 0 Å². The molecule has 2 aliphatic heterocycles. The molecule has 0 aliphatic carbocycles. The van der Waals surface area contributed by atoms with E-state index in [4.69, 9.17) is 5.73 Å². The lowest BCUT2D eigenvalue weighted by Gasteiger charge is -2.22. The van der Waals surface area contributed by atoms with Crippen LogP contribution >= 0.6 is 0 Å². The molecule has 2 aliphatic rings. The number of rotatable bonds is 3. The van der Waals surface area contributed by atoms with Crippen LogP contribution in [0.1, 0.15) is 30.4 Å². The van der Waals surface area contributed by atoms with E-state index in [1.54, 1.807) is 13.0 Å². The third kappa shape index (κ3) is 2.67. The van der Waals surface area contributed by atoms with Crippen LogP contribution in [0.4, 0.5) is 5.69 Å². The van der Waals surface area contributed by atoms with Crippen LogP contribution in [0.3, 0.4) is 0 Å². The molecule has 0 amide bonds. The van der Waals surface area contributed by atoms with Crippen molar-refractivity contribution in [3.63, 3.8) is 0 Å². The van der Waals surface area contributed by atoms with Gasteiger partial charge in [0.15, 0.2) is 0 Å². The standard InChI is InChI=1S/C15H23N3O2S/c1-10-8-12(16)11(2)15(9-10)21(19,20)17-13-5-7-18-6-3-4-14(13)18/h8-9,13-14,17H,3-7,16H2,1-2H3. The molecule has 1 aromatic rings. The quantitative estimate of drug-likeness (QED) is 0.828. The second-order valence-electron chi connectivity index (χ2n) is 6.24. The van der Waals surface area contributed by atoms with Gasteiger partial charge in [-0.2, -0.15) is 0 Å². The van der Waals surface area contributed by atoms with Crippen molar-refractivity contribution in [2.45, 2.75) is 50.1 Å². The largest absolute Gasteiger partial charge is 0.398 e. The monoisotopic (exact) mass is 309 g/mol. The number of aryl methyl sites for hydroxylation is 1. The first-order valence-corrected chi connectivity index (χ1v) is 9.00. The predicted molar refractivity (Wildman–Crippen MR) is 83.6 cm³/mol. The fourth-order valence-corrected chi connectivity index (χ4v) is 5.28. The van der Waals surface area contributed by atoms with Gasteiger partial charge in [0, 0.05) is 24.3 Å². The van der Waals surface area contributed by atoms with Crippen molar-refractivity contribution in [1.82, 2.24) is 9.62 Å². The molecule has 2 heterocycles. The van der Waals surface area contributed by atoms with Crippen molar-refractivity contribution in [3.8, 4) is 0 Å². The highest BCUT2D eigenvalue weighted by atomic mass is 32.2. The van der Waals surface area contributed by atoms with E-state index < -0.39 is 10.0 Å². The van der Waals surface area contributed by atoms with Gasteiger partial charge in [0.2, 0.25) is 10.0 Å². The molecule has 116 valence electrons. The van der Waals surface area contributed by atoms with Crippen LogP contribution in [0.15, 0.2) is 17.0 Å². The molecule has 2 unspecified atom stereocenters. The highest BCUT2D eigenvalue weighted by Gasteiger charge is 2.39. The smallest absolute Gasteiger partial charge is 0.241 e. The van der Waals surface area contributed by atoms with Gasteiger partial charge in [-0.15, -0.1) is 0 Å². The van der Waals surface area contributed by atoms with Gasteiger partial charge in [-0.05, 0) is 62.9 Å². The van der Waals surface area contributed by atoms with E-state index in [0.717, 1.165) is 31.5 Å². The molecule has 0 aromatic heterocycles. The van der Waals surface area contributed by atoms with Crippen LogP contribution in [0.2, 0.25) is 0 Å². The van der Waals surface area contributed by atoms with Gasteiger partial charge in [0.1, 0.15) is 0 Å². The highest BCUT2D eigenvalue weighted by molar-refractivity contribution is 7.89. The summed E-state index contributed by atoms with van der Waals surface area (Å²) in [4.78, 5) is 2.71. The van der Waals surface area contributed by atoms with E-state index in [2.05, 4.69) is 9.62 Å². The van der Waals surface area contributed by atoms with Gasteiger partial charge < -0.3 is 5.73 Å². The van der Waals surface area contributed by atoms with Crippen molar-refractivity contribution >= 4 is 15.7 Å². The van der Waals surface area contributed by atoms with E-state index >= 15 is 0 Å². The van der Waals surface area contributed by atoms with E-state index in [9.17, 15) is 8.42 Å². The van der Waals surface area contributed by atoms with Crippen LogP contribution in [0, 0.1) is 13.8 Å². The van der Waals surface area contributed by atoms with E-state index in [-0.39, 0.29) is 6.04 Å². The zero-order valence-corrected chi connectivity index (χ0v) is 13.4. The molecular formula is C15H23N3O2S. The lowest BCUT2D eigenvalue weighted by Crippen LogP contribution is -2.42. The molecule has 0 saturated carbocycles. The Morgan fingerprint density at radius 1 is 1.24 bits per heavy atom. The Kier molecular flexibility index (Phi) is 3.71. The molecule has 0 spiro atoms.